The number of esters is 3. The van der Waals surface area contributed by atoms with Gasteiger partial charge in [0.1, 0.15) is 13.2 Å². The summed E-state index contributed by atoms with van der Waals surface area (Å²) in [6.45, 7) is 6.60. The number of carbonyl (C=O) groups excluding carboxylic acids is 3. The first-order valence-corrected chi connectivity index (χ1v) is 32.1. The van der Waals surface area contributed by atoms with Crippen LogP contribution in [0.2, 0.25) is 0 Å². The molecular weight excluding hydrogens is 901 g/mol. The predicted molar refractivity (Wildman–Crippen MR) is 316 cm³/mol. The van der Waals surface area contributed by atoms with Crippen molar-refractivity contribution in [3.05, 3.63) is 48.6 Å². The molecule has 426 valence electrons. The second kappa shape index (κ2) is 61.9. The van der Waals surface area contributed by atoms with E-state index in [1.54, 1.807) is 0 Å². The highest BCUT2D eigenvalue weighted by atomic mass is 16.6. The van der Waals surface area contributed by atoms with Crippen molar-refractivity contribution in [1.82, 2.24) is 0 Å². The summed E-state index contributed by atoms with van der Waals surface area (Å²) < 4.78 is 16.9. The average Bonchev–Trinajstić information content (AvgIpc) is 3.39. The molecule has 0 aliphatic rings. The van der Waals surface area contributed by atoms with Crippen molar-refractivity contribution in [3.8, 4) is 0 Å². The molecule has 0 fully saturated rings. The first-order valence-electron chi connectivity index (χ1n) is 32.1. The lowest BCUT2D eigenvalue weighted by Crippen LogP contribution is -2.30. The highest BCUT2D eigenvalue weighted by Crippen LogP contribution is 2.17. The molecule has 0 aliphatic heterocycles. The van der Waals surface area contributed by atoms with Gasteiger partial charge >= 0.3 is 17.9 Å². The molecule has 0 aromatic heterocycles. The predicted octanol–water partition coefficient (Wildman–Crippen LogP) is 21.8. The first-order chi connectivity index (χ1) is 36.0. The van der Waals surface area contributed by atoms with E-state index < -0.39 is 6.10 Å². The van der Waals surface area contributed by atoms with Crippen molar-refractivity contribution < 1.29 is 28.6 Å². The number of hydrogen-bond donors (Lipinski definition) is 0. The molecule has 1 atom stereocenters. The molecule has 0 spiro atoms. The zero-order valence-corrected chi connectivity index (χ0v) is 48.9. The number of carbonyl (C=O) groups is 3. The topological polar surface area (TPSA) is 78.9 Å². The molecule has 0 aromatic carbocycles. The summed E-state index contributed by atoms with van der Waals surface area (Å²) in [4.78, 5) is 38.2. The van der Waals surface area contributed by atoms with Gasteiger partial charge in [-0.3, -0.25) is 14.4 Å². The van der Waals surface area contributed by atoms with Gasteiger partial charge in [0, 0.05) is 19.3 Å². The fourth-order valence-corrected chi connectivity index (χ4v) is 9.39. The summed E-state index contributed by atoms with van der Waals surface area (Å²) in [6, 6.07) is 0. The smallest absolute Gasteiger partial charge is 0.306 e. The van der Waals surface area contributed by atoms with Crippen LogP contribution in [-0.2, 0) is 28.6 Å². The van der Waals surface area contributed by atoms with Crippen molar-refractivity contribution >= 4 is 17.9 Å². The third-order valence-corrected chi connectivity index (χ3v) is 14.3. The zero-order chi connectivity index (χ0) is 52.9. The summed E-state index contributed by atoms with van der Waals surface area (Å²) in [7, 11) is 0. The van der Waals surface area contributed by atoms with Crippen LogP contribution in [0.25, 0.3) is 0 Å². The average molecular weight is 1020 g/mol. The summed E-state index contributed by atoms with van der Waals surface area (Å²) >= 11 is 0. The molecule has 0 aromatic rings. The van der Waals surface area contributed by atoms with Crippen LogP contribution in [0, 0.1) is 0 Å². The molecule has 0 N–H and O–H groups in total. The van der Waals surface area contributed by atoms with E-state index >= 15 is 0 Å². The molecule has 0 saturated carbocycles. The van der Waals surface area contributed by atoms with Gasteiger partial charge in [0.2, 0.25) is 0 Å². The third kappa shape index (κ3) is 60.1. The van der Waals surface area contributed by atoms with Crippen molar-refractivity contribution in [2.75, 3.05) is 13.2 Å². The minimum absolute atomic E-state index is 0.0787. The number of unbranched alkanes of at least 4 members (excludes halogenated alkanes) is 40. The monoisotopic (exact) mass is 1020 g/mol. The second-order valence-electron chi connectivity index (χ2n) is 21.7. The van der Waals surface area contributed by atoms with Gasteiger partial charge in [-0.25, -0.2) is 0 Å². The van der Waals surface area contributed by atoms with Crippen molar-refractivity contribution in [2.24, 2.45) is 0 Å². The maximum absolute atomic E-state index is 12.8. The standard InChI is InChI=1S/C67H122O6/c1-4-7-10-13-16-19-22-24-26-27-28-29-30-31-32-33-34-35-36-37-38-39-41-42-45-48-51-54-57-60-66(69)72-63-64(62-71-65(68)59-56-53-50-47-44-21-18-15-12-9-6-3)73-67(70)61-58-55-52-49-46-43-40-25-23-20-17-14-11-8-5-2/h15,17-18,20,25,27-28,40,64H,4-14,16,19,21-24,26,29-39,41-63H2,1-3H3/b18-15-,20-17-,28-27-,40-25-. The summed E-state index contributed by atoms with van der Waals surface area (Å²) in [5.41, 5.74) is 0. The Balaban J connectivity index is 4.14. The van der Waals surface area contributed by atoms with E-state index in [0.29, 0.717) is 19.3 Å². The Kier molecular flexibility index (Phi) is 59.7. The maximum Gasteiger partial charge on any atom is 0.306 e. The minimum Gasteiger partial charge on any atom is -0.462 e. The fraction of sp³-hybridized carbons (Fsp3) is 0.836. The molecule has 0 rings (SSSR count). The Labute approximate surface area is 454 Å². The maximum atomic E-state index is 12.8. The summed E-state index contributed by atoms with van der Waals surface area (Å²) in [5.74, 6) is -0.887. The molecule has 0 heterocycles. The van der Waals surface area contributed by atoms with Gasteiger partial charge < -0.3 is 14.2 Å². The van der Waals surface area contributed by atoms with Gasteiger partial charge in [-0.05, 0) is 96.3 Å². The Morgan fingerprint density at radius 1 is 0.274 bits per heavy atom. The van der Waals surface area contributed by atoms with E-state index in [1.165, 1.54) is 212 Å². The molecule has 6 heteroatoms. The van der Waals surface area contributed by atoms with Gasteiger partial charge in [0.05, 0.1) is 0 Å². The van der Waals surface area contributed by atoms with Crippen LogP contribution >= 0.6 is 0 Å². The Morgan fingerprint density at radius 2 is 0.507 bits per heavy atom. The van der Waals surface area contributed by atoms with E-state index in [1.807, 2.05) is 0 Å². The summed E-state index contributed by atoms with van der Waals surface area (Å²) in [5, 5.41) is 0. The number of hydrogen-bond acceptors (Lipinski definition) is 6. The Hall–Kier alpha value is -2.63. The largest absolute Gasteiger partial charge is 0.462 e. The van der Waals surface area contributed by atoms with Gasteiger partial charge in [-0.15, -0.1) is 0 Å². The number of ether oxygens (including phenoxy) is 3. The minimum atomic E-state index is -0.782. The number of rotatable bonds is 59. The number of allylic oxidation sites excluding steroid dienone is 8. The van der Waals surface area contributed by atoms with Crippen LogP contribution in [0.15, 0.2) is 48.6 Å². The van der Waals surface area contributed by atoms with Crippen LogP contribution in [-0.4, -0.2) is 37.2 Å². The van der Waals surface area contributed by atoms with Gasteiger partial charge in [-0.2, -0.15) is 0 Å². The SMILES string of the molecule is CCCC/C=C\CCCCCCCC(=O)OCC(COC(=O)CCCCCCCCCCCCCCCCCCC/C=C\CCCCCCCCCC)OC(=O)CCCCCCC/C=C\C/C=C\CCCCC. The molecule has 73 heavy (non-hydrogen) atoms. The van der Waals surface area contributed by atoms with Gasteiger partial charge in [0.15, 0.2) is 6.10 Å². The Morgan fingerprint density at radius 3 is 0.836 bits per heavy atom. The van der Waals surface area contributed by atoms with Crippen molar-refractivity contribution in [3.63, 3.8) is 0 Å². The van der Waals surface area contributed by atoms with E-state index in [-0.39, 0.29) is 31.1 Å². The van der Waals surface area contributed by atoms with E-state index in [4.69, 9.17) is 14.2 Å². The van der Waals surface area contributed by atoms with Crippen LogP contribution in [0.1, 0.15) is 342 Å². The molecule has 0 bridgehead atoms. The van der Waals surface area contributed by atoms with Crippen molar-refractivity contribution in [2.45, 2.75) is 348 Å². The molecule has 0 aliphatic carbocycles. The lowest BCUT2D eigenvalue weighted by Gasteiger charge is -2.18. The van der Waals surface area contributed by atoms with Crippen LogP contribution in [0.3, 0.4) is 0 Å². The van der Waals surface area contributed by atoms with Crippen molar-refractivity contribution in [1.29, 1.82) is 0 Å². The fourth-order valence-electron chi connectivity index (χ4n) is 9.39. The van der Waals surface area contributed by atoms with Crippen LogP contribution < -0.4 is 0 Å². The van der Waals surface area contributed by atoms with Gasteiger partial charge in [0.25, 0.3) is 0 Å². The summed E-state index contributed by atoms with van der Waals surface area (Å²) in [6.07, 6.45) is 77.1. The quantitative estimate of drug-likeness (QED) is 0.0261. The molecule has 1 unspecified atom stereocenters. The molecule has 0 radical (unpaired) electrons. The molecular formula is C67H122O6. The van der Waals surface area contributed by atoms with Crippen LogP contribution in [0.5, 0.6) is 0 Å². The highest BCUT2D eigenvalue weighted by molar-refractivity contribution is 5.71. The molecule has 0 saturated heterocycles. The normalized spacial score (nSPS) is 12.3. The zero-order valence-electron chi connectivity index (χ0n) is 48.9. The highest BCUT2D eigenvalue weighted by Gasteiger charge is 2.19. The van der Waals surface area contributed by atoms with Gasteiger partial charge in [-0.1, -0.05) is 275 Å². The second-order valence-corrected chi connectivity index (χ2v) is 21.7. The van der Waals surface area contributed by atoms with Crippen LogP contribution in [0.4, 0.5) is 0 Å². The lowest BCUT2D eigenvalue weighted by molar-refractivity contribution is -0.167. The Bertz CT molecular complexity index is 1270. The third-order valence-electron chi connectivity index (χ3n) is 14.3. The van der Waals surface area contributed by atoms with E-state index in [2.05, 4.69) is 69.4 Å². The first kappa shape index (κ1) is 70.4. The molecule has 0 amide bonds. The lowest BCUT2D eigenvalue weighted by atomic mass is 10.0. The van der Waals surface area contributed by atoms with E-state index in [9.17, 15) is 14.4 Å². The molecule has 6 nitrogen and oxygen atoms in total. The van der Waals surface area contributed by atoms with E-state index in [0.717, 1.165) is 89.9 Å².